The van der Waals surface area contributed by atoms with E-state index in [1.807, 2.05) is 36.4 Å². The molecule has 2 nitrogen and oxygen atoms in total. The first-order valence-electron chi connectivity index (χ1n) is 6.92. The van der Waals surface area contributed by atoms with Crippen molar-refractivity contribution in [2.45, 2.75) is 19.1 Å². The molecule has 2 aromatic carbocycles. The number of halogens is 1. The number of rotatable bonds is 8. The Kier molecular flexibility index (Phi) is 5.98. The highest BCUT2D eigenvalue weighted by Crippen LogP contribution is 2.13. The van der Waals surface area contributed by atoms with Gasteiger partial charge in [0, 0.05) is 0 Å². The second-order valence-corrected chi connectivity index (χ2v) is 4.71. The summed E-state index contributed by atoms with van der Waals surface area (Å²) in [7, 11) is 0. The standard InChI is InChI=1S/C18H19FO2/c1-2-6-18(20-13-15-7-4-3-5-8-15)14-21-17-11-9-16(19)10-12-17/h2-5,7-12,18H,1,6,13-14H2/t18-/m0/s1. The molecular formula is C18H19FO2. The van der Waals surface area contributed by atoms with Gasteiger partial charge in [0.25, 0.3) is 0 Å². The summed E-state index contributed by atoms with van der Waals surface area (Å²) in [5.74, 6) is 0.360. The Morgan fingerprint density at radius 1 is 1.05 bits per heavy atom. The second kappa shape index (κ2) is 8.22. The maximum Gasteiger partial charge on any atom is 0.123 e. The third kappa shape index (κ3) is 5.40. The van der Waals surface area contributed by atoms with E-state index in [4.69, 9.17) is 9.47 Å². The van der Waals surface area contributed by atoms with Gasteiger partial charge in [-0.2, -0.15) is 0 Å². The Hall–Kier alpha value is -2.13. The predicted molar refractivity (Wildman–Crippen MR) is 81.7 cm³/mol. The summed E-state index contributed by atoms with van der Waals surface area (Å²) in [6, 6.07) is 16.0. The molecular weight excluding hydrogens is 267 g/mol. The first kappa shape index (κ1) is 15.3. The zero-order chi connectivity index (χ0) is 14.9. The van der Waals surface area contributed by atoms with Crippen LogP contribution in [0.4, 0.5) is 4.39 Å². The first-order valence-corrected chi connectivity index (χ1v) is 6.92. The van der Waals surface area contributed by atoms with Crippen molar-refractivity contribution in [3.05, 3.63) is 78.6 Å². The van der Waals surface area contributed by atoms with E-state index in [0.717, 1.165) is 5.56 Å². The molecule has 2 aromatic rings. The molecule has 0 bridgehead atoms. The summed E-state index contributed by atoms with van der Waals surface area (Å²) in [5, 5.41) is 0. The molecule has 0 spiro atoms. The van der Waals surface area contributed by atoms with Crippen molar-refractivity contribution < 1.29 is 13.9 Å². The Balaban J connectivity index is 1.83. The van der Waals surface area contributed by atoms with Crippen molar-refractivity contribution >= 4 is 0 Å². The van der Waals surface area contributed by atoms with E-state index in [9.17, 15) is 4.39 Å². The molecule has 0 fully saturated rings. The van der Waals surface area contributed by atoms with E-state index in [1.54, 1.807) is 12.1 Å². The van der Waals surface area contributed by atoms with Crippen molar-refractivity contribution in [3.8, 4) is 5.75 Å². The van der Waals surface area contributed by atoms with E-state index < -0.39 is 0 Å². The lowest BCUT2D eigenvalue weighted by Crippen LogP contribution is -2.21. The largest absolute Gasteiger partial charge is 0.491 e. The van der Waals surface area contributed by atoms with Gasteiger partial charge in [-0.1, -0.05) is 36.4 Å². The fraction of sp³-hybridized carbons (Fsp3) is 0.222. The molecule has 0 N–H and O–H groups in total. The fourth-order valence-corrected chi connectivity index (χ4v) is 1.88. The highest BCUT2D eigenvalue weighted by atomic mass is 19.1. The van der Waals surface area contributed by atoms with Gasteiger partial charge >= 0.3 is 0 Å². The smallest absolute Gasteiger partial charge is 0.123 e. The average Bonchev–Trinajstić information content (AvgIpc) is 2.52. The van der Waals surface area contributed by atoms with Crippen molar-refractivity contribution in [1.82, 2.24) is 0 Å². The van der Waals surface area contributed by atoms with Crippen LogP contribution in [0.1, 0.15) is 12.0 Å². The second-order valence-electron chi connectivity index (χ2n) is 4.71. The summed E-state index contributed by atoms with van der Waals surface area (Å²) in [5.41, 5.74) is 1.12. The van der Waals surface area contributed by atoms with Crippen LogP contribution in [0.5, 0.6) is 5.75 Å². The van der Waals surface area contributed by atoms with E-state index in [1.165, 1.54) is 12.1 Å². The third-order valence-corrected chi connectivity index (χ3v) is 3.01. The van der Waals surface area contributed by atoms with Crippen LogP contribution in [0.25, 0.3) is 0 Å². The lowest BCUT2D eigenvalue weighted by molar-refractivity contribution is 0.0116. The van der Waals surface area contributed by atoms with Gasteiger partial charge in [-0.15, -0.1) is 6.58 Å². The van der Waals surface area contributed by atoms with Crippen molar-refractivity contribution in [3.63, 3.8) is 0 Å². The topological polar surface area (TPSA) is 18.5 Å². The van der Waals surface area contributed by atoms with Gasteiger partial charge in [-0.05, 0) is 36.2 Å². The van der Waals surface area contributed by atoms with Gasteiger partial charge < -0.3 is 9.47 Å². The summed E-state index contributed by atoms with van der Waals surface area (Å²) >= 11 is 0. The monoisotopic (exact) mass is 286 g/mol. The lowest BCUT2D eigenvalue weighted by Gasteiger charge is -2.17. The molecule has 0 unspecified atom stereocenters. The lowest BCUT2D eigenvalue weighted by atomic mass is 10.2. The van der Waals surface area contributed by atoms with Crippen LogP contribution in [0.2, 0.25) is 0 Å². The molecule has 1 atom stereocenters. The zero-order valence-electron chi connectivity index (χ0n) is 11.9. The van der Waals surface area contributed by atoms with Gasteiger partial charge in [-0.3, -0.25) is 0 Å². The van der Waals surface area contributed by atoms with Crippen molar-refractivity contribution in [2.75, 3.05) is 6.61 Å². The molecule has 0 heterocycles. The van der Waals surface area contributed by atoms with Gasteiger partial charge in [0.1, 0.15) is 18.2 Å². The number of ether oxygens (including phenoxy) is 2. The molecule has 0 radical (unpaired) electrons. The van der Waals surface area contributed by atoms with E-state index >= 15 is 0 Å². The molecule has 0 saturated carbocycles. The maximum absolute atomic E-state index is 12.8. The summed E-state index contributed by atoms with van der Waals surface area (Å²) in [6.07, 6.45) is 2.44. The fourth-order valence-electron chi connectivity index (χ4n) is 1.88. The quantitative estimate of drug-likeness (QED) is 0.671. The minimum atomic E-state index is -0.273. The summed E-state index contributed by atoms with van der Waals surface area (Å²) in [4.78, 5) is 0. The van der Waals surface area contributed by atoms with E-state index in [-0.39, 0.29) is 11.9 Å². The molecule has 0 amide bonds. The normalized spacial score (nSPS) is 11.9. The molecule has 0 aliphatic heterocycles. The minimum Gasteiger partial charge on any atom is -0.491 e. The van der Waals surface area contributed by atoms with Crippen LogP contribution in [0.3, 0.4) is 0 Å². The van der Waals surface area contributed by atoms with Crippen LogP contribution in [0, 0.1) is 5.82 Å². The van der Waals surface area contributed by atoms with Crippen LogP contribution in [-0.2, 0) is 11.3 Å². The van der Waals surface area contributed by atoms with Gasteiger partial charge in [0.15, 0.2) is 0 Å². The SMILES string of the molecule is C=CC[C@@H](COc1ccc(F)cc1)OCc1ccccc1. The van der Waals surface area contributed by atoms with Crippen molar-refractivity contribution in [2.24, 2.45) is 0 Å². The van der Waals surface area contributed by atoms with Gasteiger partial charge in [0.05, 0.1) is 12.7 Å². The molecule has 2 rings (SSSR count). The van der Waals surface area contributed by atoms with Crippen LogP contribution >= 0.6 is 0 Å². The first-order chi connectivity index (χ1) is 10.3. The summed E-state index contributed by atoms with van der Waals surface area (Å²) < 4.78 is 24.3. The van der Waals surface area contributed by atoms with Crippen LogP contribution < -0.4 is 4.74 Å². The number of benzene rings is 2. The Morgan fingerprint density at radius 3 is 2.43 bits per heavy atom. The third-order valence-electron chi connectivity index (χ3n) is 3.01. The molecule has 0 saturated heterocycles. The Morgan fingerprint density at radius 2 is 1.76 bits per heavy atom. The van der Waals surface area contributed by atoms with E-state index in [0.29, 0.717) is 25.4 Å². The molecule has 21 heavy (non-hydrogen) atoms. The maximum atomic E-state index is 12.8. The highest BCUT2D eigenvalue weighted by Gasteiger charge is 2.09. The molecule has 110 valence electrons. The van der Waals surface area contributed by atoms with Gasteiger partial charge in [0.2, 0.25) is 0 Å². The number of hydrogen-bond donors (Lipinski definition) is 0. The highest BCUT2D eigenvalue weighted by molar-refractivity contribution is 5.22. The van der Waals surface area contributed by atoms with Gasteiger partial charge in [-0.25, -0.2) is 4.39 Å². The molecule has 3 heteroatoms. The van der Waals surface area contributed by atoms with Crippen molar-refractivity contribution in [1.29, 1.82) is 0 Å². The Bertz CT molecular complexity index is 537. The molecule has 0 aromatic heterocycles. The van der Waals surface area contributed by atoms with Crippen LogP contribution in [-0.4, -0.2) is 12.7 Å². The molecule has 0 aliphatic rings. The zero-order valence-corrected chi connectivity index (χ0v) is 11.9. The molecule has 0 aliphatic carbocycles. The minimum absolute atomic E-state index is 0.0761. The van der Waals surface area contributed by atoms with Crippen LogP contribution in [0.15, 0.2) is 67.3 Å². The summed E-state index contributed by atoms with van der Waals surface area (Å²) in [6.45, 7) is 4.68. The van der Waals surface area contributed by atoms with E-state index in [2.05, 4.69) is 6.58 Å². The average molecular weight is 286 g/mol. The Labute approximate surface area is 124 Å². The predicted octanol–water partition coefficient (Wildman–Crippen LogP) is 4.37. The number of hydrogen-bond acceptors (Lipinski definition) is 2.